The Hall–Kier alpha value is -1.07. The zero-order valence-corrected chi connectivity index (χ0v) is 14.1. The number of thioether (sulfide) groups is 1. The van der Waals surface area contributed by atoms with E-state index in [2.05, 4.69) is 16.8 Å². The molecule has 0 atom stereocenters. The van der Waals surface area contributed by atoms with Crippen molar-refractivity contribution in [1.29, 1.82) is 0 Å². The highest BCUT2D eigenvalue weighted by molar-refractivity contribution is 8.93. The number of carbonyl (C=O) groups excluding carboxylic acids is 1. The lowest BCUT2D eigenvalue weighted by atomic mass is 10.1. The molecule has 0 bridgehead atoms. The summed E-state index contributed by atoms with van der Waals surface area (Å²) in [5.74, 6) is 0.113. The quantitative estimate of drug-likeness (QED) is 0.778. The van der Waals surface area contributed by atoms with E-state index < -0.39 is 0 Å². The molecule has 106 valence electrons. The summed E-state index contributed by atoms with van der Waals surface area (Å²) >= 11 is 1.51. The predicted octanol–water partition coefficient (Wildman–Crippen LogP) is 3.66. The Bertz CT molecular complexity index is 592. The average molecular weight is 353 g/mol. The number of nitrogens with zero attached hydrogens (tertiary/aromatic N) is 2. The number of aryl methyl sites for hydroxylation is 1. The Morgan fingerprint density at radius 2 is 2.05 bits per heavy atom. The predicted molar refractivity (Wildman–Crippen MR) is 89.8 cm³/mol. The number of rotatable bonds is 3. The third-order valence-corrected chi connectivity index (χ3v) is 4.78. The van der Waals surface area contributed by atoms with Crippen LogP contribution in [0.15, 0.2) is 39.9 Å². The molecule has 2 heterocycles. The number of ketones is 1. The Morgan fingerprint density at radius 1 is 1.35 bits per heavy atom. The van der Waals surface area contributed by atoms with E-state index >= 15 is 0 Å². The van der Waals surface area contributed by atoms with E-state index in [-0.39, 0.29) is 22.8 Å². The minimum absolute atomic E-state index is 0. The van der Waals surface area contributed by atoms with Crippen LogP contribution in [0.2, 0.25) is 0 Å². The maximum atomic E-state index is 12.5. The Morgan fingerprint density at radius 3 is 2.65 bits per heavy atom. The number of amidine groups is 1. The molecule has 0 fully saturated rings. The van der Waals surface area contributed by atoms with Crippen molar-refractivity contribution < 1.29 is 4.79 Å². The fraction of sp³-hybridized carbons (Fsp3) is 0.333. The van der Waals surface area contributed by atoms with Crippen LogP contribution in [0.25, 0.3) is 0 Å². The number of benzene rings is 1. The van der Waals surface area contributed by atoms with Gasteiger partial charge in [-0.15, -0.1) is 17.0 Å². The SMILES string of the molecule is Br.CCc1ccc(C(=O)C2=C(C)N3CCN=C3S2)cc1. The van der Waals surface area contributed by atoms with Crippen LogP contribution in [0.4, 0.5) is 0 Å². The molecule has 3 rings (SSSR count). The van der Waals surface area contributed by atoms with E-state index in [0.29, 0.717) is 0 Å². The molecule has 0 aliphatic carbocycles. The summed E-state index contributed by atoms with van der Waals surface area (Å²) in [5.41, 5.74) is 3.07. The first-order valence-corrected chi connectivity index (χ1v) is 7.36. The van der Waals surface area contributed by atoms with Crippen molar-refractivity contribution in [3.8, 4) is 0 Å². The number of hydrogen-bond donors (Lipinski definition) is 0. The molecule has 20 heavy (non-hydrogen) atoms. The zero-order chi connectivity index (χ0) is 13.4. The van der Waals surface area contributed by atoms with Crippen LogP contribution in [0, 0.1) is 0 Å². The Kier molecular flexibility index (Phi) is 4.70. The summed E-state index contributed by atoms with van der Waals surface area (Å²) in [6.45, 7) is 5.86. The lowest BCUT2D eigenvalue weighted by Crippen LogP contribution is -2.19. The summed E-state index contributed by atoms with van der Waals surface area (Å²) in [7, 11) is 0. The van der Waals surface area contributed by atoms with Crippen LogP contribution in [0.3, 0.4) is 0 Å². The molecular formula is C15H17BrN2OS. The first-order valence-electron chi connectivity index (χ1n) is 6.55. The Labute approximate surface area is 133 Å². The van der Waals surface area contributed by atoms with Gasteiger partial charge in [0.05, 0.1) is 11.4 Å². The normalized spacial score (nSPS) is 16.9. The molecule has 0 spiro atoms. The molecule has 0 radical (unpaired) electrons. The van der Waals surface area contributed by atoms with E-state index in [1.54, 1.807) is 0 Å². The molecule has 1 aromatic carbocycles. The summed E-state index contributed by atoms with van der Waals surface area (Å²) in [4.78, 5) is 19.9. The van der Waals surface area contributed by atoms with Crippen LogP contribution in [-0.4, -0.2) is 28.9 Å². The molecular weight excluding hydrogens is 336 g/mol. The topological polar surface area (TPSA) is 32.7 Å². The smallest absolute Gasteiger partial charge is 0.201 e. The van der Waals surface area contributed by atoms with Crippen LogP contribution in [0.1, 0.15) is 29.8 Å². The van der Waals surface area contributed by atoms with E-state index in [9.17, 15) is 4.79 Å². The molecule has 0 N–H and O–H groups in total. The minimum Gasteiger partial charge on any atom is -0.322 e. The van der Waals surface area contributed by atoms with Gasteiger partial charge in [-0.05, 0) is 30.7 Å². The monoisotopic (exact) mass is 352 g/mol. The van der Waals surface area contributed by atoms with Crippen molar-refractivity contribution in [2.24, 2.45) is 4.99 Å². The van der Waals surface area contributed by atoms with E-state index in [1.807, 2.05) is 31.2 Å². The van der Waals surface area contributed by atoms with Gasteiger partial charge in [0.15, 0.2) is 5.17 Å². The van der Waals surface area contributed by atoms with Crippen molar-refractivity contribution in [2.45, 2.75) is 20.3 Å². The van der Waals surface area contributed by atoms with Gasteiger partial charge in [-0.3, -0.25) is 9.79 Å². The average Bonchev–Trinajstić information content (AvgIpc) is 3.02. The number of hydrogen-bond acceptors (Lipinski definition) is 4. The largest absolute Gasteiger partial charge is 0.322 e. The summed E-state index contributed by atoms with van der Waals surface area (Å²) in [6, 6.07) is 7.91. The minimum atomic E-state index is 0. The van der Waals surface area contributed by atoms with Crippen LogP contribution < -0.4 is 0 Å². The van der Waals surface area contributed by atoms with Crippen LogP contribution in [0.5, 0.6) is 0 Å². The number of allylic oxidation sites excluding steroid dienone is 2. The molecule has 5 heteroatoms. The van der Waals surface area contributed by atoms with Crippen molar-refractivity contribution in [3.63, 3.8) is 0 Å². The number of aliphatic imine (C=N–C) groups is 1. The highest BCUT2D eigenvalue weighted by Gasteiger charge is 2.33. The highest BCUT2D eigenvalue weighted by atomic mass is 79.9. The van der Waals surface area contributed by atoms with Crippen molar-refractivity contribution in [1.82, 2.24) is 4.90 Å². The number of Topliss-reactive ketones (excluding diaryl/α,β-unsaturated/α-hetero) is 1. The van der Waals surface area contributed by atoms with E-state index in [1.165, 1.54) is 17.3 Å². The summed E-state index contributed by atoms with van der Waals surface area (Å²) in [5, 5.41) is 0.978. The van der Waals surface area contributed by atoms with E-state index in [4.69, 9.17) is 0 Å². The fourth-order valence-corrected chi connectivity index (χ4v) is 3.49. The second-order valence-corrected chi connectivity index (χ2v) is 5.69. The van der Waals surface area contributed by atoms with Gasteiger partial charge in [-0.1, -0.05) is 31.2 Å². The first-order chi connectivity index (χ1) is 9.20. The van der Waals surface area contributed by atoms with Gasteiger partial charge in [0, 0.05) is 17.8 Å². The maximum absolute atomic E-state index is 12.5. The molecule has 3 nitrogen and oxygen atoms in total. The third-order valence-electron chi connectivity index (χ3n) is 3.56. The van der Waals surface area contributed by atoms with Crippen LogP contribution >= 0.6 is 28.7 Å². The second kappa shape index (κ2) is 6.14. The molecule has 0 amide bonds. The zero-order valence-electron chi connectivity index (χ0n) is 11.5. The highest BCUT2D eigenvalue weighted by Crippen LogP contribution is 2.37. The van der Waals surface area contributed by atoms with Gasteiger partial charge in [-0.2, -0.15) is 0 Å². The van der Waals surface area contributed by atoms with Crippen LogP contribution in [-0.2, 0) is 6.42 Å². The van der Waals surface area contributed by atoms with Gasteiger partial charge in [-0.25, -0.2) is 0 Å². The molecule has 0 saturated carbocycles. The summed E-state index contributed by atoms with van der Waals surface area (Å²) < 4.78 is 0. The van der Waals surface area contributed by atoms with Gasteiger partial charge in [0.25, 0.3) is 0 Å². The third kappa shape index (κ3) is 2.56. The second-order valence-electron chi connectivity index (χ2n) is 4.71. The molecule has 0 aromatic heterocycles. The fourth-order valence-electron chi connectivity index (χ4n) is 2.35. The van der Waals surface area contributed by atoms with E-state index in [0.717, 1.165) is 40.8 Å². The van der Waals surface area contributed by atoms with Crippen molar-refractivity contribution >= 4 is 39.7 Å². The standard InChI is InChI=1S/C15H16N2OS.BrH/c1-3-11-4-6-12(7-5-11)13(18)14-10(2)17-9-8-16-15(17)19-14;/h4-7H,3,8-9H2,1-2H3;1H. The molecule has 0 unspecified atom stereocenters. The number of carbonyl (C=O) groups is 1. The number of fused-ring (bicyclic) bond motifs is 1. The van der Waals surface area contributed by atoms with Gasteiger partial charge in [0.2, 0.25) is 5.78 Å². The molecule has 2 aliphatic heterocycles. The van der Waals surface area contributed by atoms with Crippen molar-refractivity contribution in [2.75, 3.05) is 13.1 Å². The van der Waals surface area contributed by atoms with Gasteiger partial charge < -0.3 is 4.90 Å². The number of halogens is 1. The van der Waals surface area contributed by atoms with Crippen molar-refractivity contribution in [3.05, 3.63) is 46.0 Å². The Balaban J connectivity index is 0.00000147. The summed E-state index contributed by atoms with van der Waals surface area (Å²) in [6.07, 6.45) is 0.996. The maximum Gasteiger partial charge on any atom is 0.201 e. The lowest BCUT2D eigenvalue weighted by Gasteiger charge is -2.12. The molecule has 1 aromatic rings. The first kappa shape index (κ1) is 15.3. The van der Waals surface area contributed by atoms with Gasteiger partial charge in [0.1, 0.15) is 0 Å². The lowest BCUT2D eigenvalue weighted by molar-refractivity contribution is 0.104. The molecule has 0 saturated heterocycles. The van der Waals surface area contributed by atoms with Gasteiger partial charge >= 0.3 is 0 Å². The molecule has 2 aliphatic rings.